The van der Waals surface area contributed by atoms with Crippen LogP contribution in [0.4, 0.5) is 0 Å². The van der Waals surface area contributed by atoms with Crippen molar-refractivity contribution in [3.8, 4) is 0 Å². The van der Waals surface area contributed by atoms with Crippen LogP contribution in [0.1, 0.15) is 42.6 Å². The largest absolute Gasteiger partial charge is 0.337 e. The van der Waals surface area contributed by atoms with E-state index in [-0.39, 0.29) is 5.91 Å². The lowest BCUT2D eigenvalue weighted by atomic mass is 9.94. The van der Waals surface area contributed by atoms with E-state index < -0.39 is 0 Å². The van der Waals surface area contributed by atoms with Crippen molar-refractivity contribution in [2.45, 2.75) is 38.1 Å². The molecule has 1 aromatic rings. The van der Waals surface area contributed by atoms with Gasteiger partial charge >= 0.3 is 0 Å². The smallest absolute Gasteiger partial charge is 0.276 e. The van der Waals surface area contributed by atoms with Crippen molar-refractivity contribution in [2.75, 3.05) is 7.05 Å². The highest BCUT2D eigenvalue weighted by molar-refractivity contribution is 5.91. The van der Waals surface area contributed by atoms with Gasteiger partial charge in [0.1, 0.15) is 0 Å². The lowest BCUT2D eigenvalue weighted by Crippen LogP contribution is -2.38. The fourth-order valence-corrected chi connectivity index (χ4v) is 2.12. The van der Waals surface area contributed by atoms with Gasteiger partial charge in [-0.1, -0.05) is 19.3 Å². The molecule has 82 valence electrons. The summed E-state index contributed by atoms with van der Waals surface area (Å²) >= 11 is 0. The second kappa shape index (κ2) is 4.42. The Kier molecular flexibility index (Phi) is 2.99. The number of aromatic nitrogens is 3. The van der Waals surface area contributed by atoms with E-state index in [1.807, 2.05) is 7.05 Å². The summed E-state index contributed by atoms with van der Waals surface area (Å²) in [7, 11) is 1.85. The average Bonchev–Trinajstić information content (AvgIpc) is 2.82. The fourth-order valence-electron chi connectivity index (χ4n) is 2.12. The van der Waals surface area contributed by atoms with Crippen molar-refractivity contribution in [3.63, 3.8) is 0 Å². The van der Waals surface area contributed by atoms with Crippen LogP contribution in [0, 0.1) is 0 Å². The van der Waals surface area contributed by atoms with Gasteiger partial charge in [-0.15, -0.1) is 0 Å². The monoisotopic (exact) mass is 208 g/mol. The normalized spacial score (nSPS) is 17.7. The minimum atomic E-state index is -0.0318. The molecular formula is C10H16N4O. The van der Waals surface area contributed by atoms with Crippen molar-refractivity contribution >= 4 is 5.91 Å². The first kappa shape index (κ1) is 10.1. The molecule has 0 bridgehead atoms. The first-order valence-corrected chi connectivity index (χ1v) is 5.42. The lowest BCUT2D eigenvalue weighted by Gasteiger charge is -2.30. The summed E-state index contributed by atoms with van der Waals surface area (Å²) in [5.41, 5.74) is 0.406. The topological polar surface area (TPSA) is 61.9 Å². The summed E-state index contributed by atoms with van der Waals surface area (Å²) in [5, 5.41) is 9.91. The van der Waals surface area contributed by atoms with Gasteiger partial charge in [-0.25, -0.2) is 0 Å². The molecule has 0 spiro atoms. The predicted octanol–water partition coefficient (Wildman–Crippen LogP) is 1.21. The van der Waals surface area contributed by atoms with Crippen LogP contribution in [0.5, 0.6) is 0 Å². The summed E-state index contributed by atoms with van der Waals surface area (Å²) in [4.78, 5) is 13.7. The van der Waals surface area contributed by atoms with E-state index in [0.29, 0.717) is 11.7 Å². The summed E-state index contributed by atoms with van der Waals surface area (Å²) in [6, 6.07) is 0.378. The third-order valence-electron chi connectivity index (χ3n) is 3.08. The molecule has 5 heteroatoms. The van der Waals surface area contributed by atoms with Crippen LogP contribution < -0.4 is 0 Å². The minimum absolute atomic E-state index is 0.0318. The highest BCUT2D eigenvalue weighted by Crippen LogP contribution is 2.22. The Labute approximate surface area is 88.9 Å². The number of aromatic amines is 1. The summed E-state index contributed by atoms with van der Waals surface area (Å²) < 4.78 is 0. The SMILES string of the molecule is CN(C(=O)c1cn[nH]n1)C1CCCCC1. The number of carbonyl (C=O) groups is 1. The third-order valence-corrected chi connectivity index (χ3v) is 3.08. The molecule has 0 aliphatic heterocycles. The molecule has 1 saturated carbocycles. The molecule has 1 amide bonds. The average molecular weight is 208 g/mol. The molecular weight excluding hydrogens is 192 g/mol. The number of H-pyrrole nitrogens is 1. The van der Waals surface area contributed by atoms with Crippen LogP contribution in [0.15, 0.2) is 6.20 Å². The Morgan fingerprint density at radius 3 is 2.80 bits per heavy atom. The Morgan fingerprint density at radius 1 is 1.47 bits per heavy atom. The van der Waals surface area contributed by atoms with Crippen LogP contribution in [0.25, 0.3) is 0 Å². The lowest BCUT2D eigenvalue weighted by molar-refractivity contribution is 0.0690. The van der Waals surface area contributed by atoms with Crippen molar-refractivity contribution in [1.29, 1.82) is 0 Å². The van der Waals surface area contributed by atoms with Crippen molar-refractivity contribution in [2.24, 2.45) is 0 Å². The van der Waals surface area contributed by atoms with Crippen LogP contribution in [-0.2, 0) is 0 Å². The number of carbonyl (C=O) groups excluding carboxylic acids is 1. The summed E-state index contributed by atoms with van der Waals surface area (Å²) in [6.07, 6.45) is 7.44. The maximum absolute atomic E-state index is 11.9. The molecule has 0 unspecified atom stereocenters. The van der Waals surface area contributed by atoms with Gasteiger partial charge in [0.25, 0.3) is 5.91 Å². The Bertz CT molecular complexity index is 316. The molecule has 0 saturated heterocycles. The van der Waals surface area contributed by atoms with E-state index in [1.54, 1.807) is 4.90 Å². The summed E-state index contributed by atoms with van der Waals surface area (Å²) in [5.74, 6) is -0.0318. The molecule has 0 atom stereocenters. The Morgan fingerprint density at radius 2 is 2.20 bits per heavy atom. The van der Waals surface area contributed by atoms with Crippen molar-refractivity contribution in [3.05, 3.63) is 11.9 Å². The van der Waals surface area contributed by atoms with E-state index in [4.69, 9.17) is 0 Å². The minimum Gasteiger partial charge on any atom is -0.337 e. The number of rotatable bonds is 2. The fraction of sp³-hybridized carbons (Fsp3) is 0.700. The molecule has 1 N–H and O–H groups in total. The highest BCUT2D eigenvalue weighted by Gasteiger charge is 2.24. The van der Waals surface area contributed by atoms with Crippen LogP contribution in [0.3, 0.4) is 0 Å². The molecule has 5 nitrogen and oxygen atoms in total. The number of nitrogens with zero attached hydrogens (tertiary/aromatic N) is 3. The zero-order chi connectivity index (χ0) is 10.7. The van der Waals surface area contributed by atoms with E-state index >= 15 is 0 Å². The number of hydrogen-bond donors (Lipinski definition) is 1. The first-order valence-electron chi connectivity index (χ1n) is 5.42. The molecule has 1 aromatic heterocycles. The van der Waals surface area contributed by atoms with Gasteiger partial charge in [-0.2, -0.15) is 15.4 Å². The van der Waals surface area contributed by atoms with Crippen LogP contribution in [0.2, 0.25) is 0 Å². The summed E-state index contributed by atoms with van der Waals surface area (Å²) in [6.45, 7) is 0. The van der Waals surface area contributed by atoms with E-state index in [1.165, 1.54) is 25.5 Å². The Hall–Kier alpha value is -1.39. The molecule has 2 rings (SSSR count). The van der Waals surface area contributed by atoms with E-state index in [2.05, 4.69) is 15.4 Å². The number of nitrogens with one attached hydrogen (secondary N) is 1. The van der Waals surface area contributed by atoms with Crippen LogP contribution >= 0.6 is 0 Å². The standard InChI is InChI=1S/C10H16N4O/c1-14(8-5-3-2-4-6-8)10(15)9-7-11-13-12-9/h7-8H,2-6H2,1H3,(H,11,12,13). The van der Waals surface area contributed by atoms with Crippen molar-refractivity contribution < 1.29 is 4.79 Å². The third kappa shape index (κ3) is 2.16. The van der Waals surface area contributed by atoms with E-state index in [9.17, 15) is 4.79 Å². The van der Waals surface area contributed by atoms with Gasteiger partial charge in [-0.3, -0.25) is 4.79 Å². The molecule has 0 radical (unpaired) electrons. The molecule has 1 heterocycles. The van der Waals surface area contributed by atoms with E-state index in [0.717, 1.165) is 12.8 Å². The Balaban J connectivity index is 2.00. The molecule has 1 aliphatic rings. The van der Waals surface area contributed by atoms with Crippen molar-refractivity contribution in [1.82, 2.24) is 20.3 Å². The predicted molar refractivity (Wildman–Crippen MR) is 55.3 cm³/mol. The van der Waals surface area contributed by atoms with Gasteiger partial charge in [0, 0.05) is 13.1 Å². The molecule has 1 aliphatic carbocycles. The number of hydrogen-bond acceptors (Lipinski definition) is 3. The maximum atomic E-state index is 11.9. The van der Waals surface area contributed by atoms with Gasteiger partial charge in [0.2, 0.25) is 0 Å². The van der Waals surface area contributed by atoms with Gasteiger partial charge < -0.3 is 4.90 Å². The zero-order valence-corrected chi connectivity index (χ0v) is 8.94. The first-order chi connectivity index (χ1) is 7.29. The van der Waals surface area contributed by atoms with Crippen LogP contribution in [-0.4, -0.2) is 39.3 Å². The quantitative estimate of drug-likeness (QED) is 0.794. The van der Waals surface area contributed by atoms with Gasteiger partial charge in [0.05, 0.1) is 6.20 Å². The zero-order valence-electron chi connectivity index (χ0n) is 8.94. The van der Waals surface area contributed by atoms with Gasteiger partial charge in [0.15, 0.2) is 5.69 Å². The van der Waals surface area contributed by atoms with Gasteiger partial charge in [-0.05, 0) is 12.8 Å². The second-order valence-electron chi connectivity index (χ2n) is 4.06. The highest BCUT2D eigenvalue weighted by atomic mass is 16.2. The molecule has 0 aromatic carbocycles. The number of amides is 1. The molecule has 1 fully saturated rings. The maximum Gasteiger partial charge on any atom is 0.276 e. The molecule has 15 heavy (non-hydrogen) atoms. The second-order valence-corrected chi connectivity index (χ2v) is 4.06.